The van der Waals surface area contributed by atoms with Crippen molar-refractivity contribution in [2.45, 2.75) is 38.4 Å². The van der Waals surface area contributed by atoms with Gasteiger partial charge in [0, 0.05) is 19.5 Å². The van der Waals surface area contributed by atoms with Crippen molar-refractivity contribution in [2.75, 3.05) is 22.6 Å². The summed E-state index contributed by atoms with van der Waals surface area (Å²) >= 11 is 0. The number of benzene rings is 1. The molecule has 0 bridgehead atoms. The van der Waals surface area contributed by atoms with Crippen molar-refractivity contribution in [1.82, 2.24) is 0 Å². The summed E-state index contributed by atoms with van der Waals surface area (Å²) in [6.45, 7) is 2.26. The number of ether oxygens (including phenoxy) is 1. The number of nitrogens with one attached hydrogen (secondary N) is 3. The molecule has 6 N–H and O–H groups in total. The lowest BCUT2D eigenvalue weighted by Gasteiger charge is -2.21. The quantitative estimate of drug-likeness (QED) is 0.423. The number of hydrogen-bond donors (Lipinski definition) is 6. The van der Waals surface area contributed by atoms with Crippen molar-refractivity contribution >= 4 is 28.9 Å². The van der Waals surface area contributed by atoms with E-state index in [0.717, 1.165) is 0 Å². The van der Waals surface area contributed by atoms with Gasteiger partial charge in [0.2, 0.25) is 11.8 Å². The molecule has 1 aromatic rings. The molecule has 2 amide bonds. The third-order valence-corrected chi connectivity index (χ3v) is 3.49. The molecule has 24 heavy (non-hydrogen) atoms. The maximum absolute atomic E-state index is 11.3. The van der Waals surface area contributed by atoms with E-state index < -0.39 is 31.1 Å². The van der Waals surface area contributed by atoms with E-state index in [1.807, 2.05) is 0 Å². The van der Waals surface area contributed by atoms with E-state index in [0.29, 0.717) is 17.1 Å². The molecule has 132 valence electrons. The zero-order valence-corrected chi connectivity index (χ0v) is 13.3. The van der Waals surface area contributed by atoms with Gasteiger partial charge in [-0.1, -0.05) is 0 Å². The molecular weight excluding hydrogens is 318 g/mol. The molecular formula is C15H21N3O6. The second-order valence-corrected chi connectivity index (χ2v) is 5.53. The summed E-state index contributed by atoms with van der Waals surface area (Å²) in [5, 5.41) is 37.0. The van der Waals surface area contributed by atoms with Crippen LogP contribution in [-0.2, 0) is 14.3 Å². The Labute approximate surface area is 138 Å². The first-order chi connectivity index (χ1) is 11.3. The molecule has 1 saturated heterocycles. The summed E-state index contributed by atoms with van der Waals surface area (Å²) in [5.41, 5.74) is 1.27. The maximum Gasteiger partial charge on any atom is 0.221 e. The number of aliphatic hydroxyl groups excluding tert-OH is 3. The third-order valence-electron chi connectivity index (χ3n) is 3.49. The Hall–Kier alpha value is -2.20. The zero-order chi connectivity index (χ0) is 17.9. The standard InChI is InChI=1S/C15H21N3O6/c1-7(20)16-9-3-4-10(17-8(2)21)11(5-9)18-15-14(23)13(22)12(6-19)24-15/h3-5,12-15,18-19,22-23H,6H2,1-2H3,(H,16,20)(H,17,21)/t12-,13-,14+,15-/m1/s1. The van der Waals surface area contributed by atoms with Gasteiger partial charge in [-0.3, -0.25) is 9.59 Å². The summed E-state index contributed by atoms with van der Waals surface area (Å²) in [7, 11) is 0. The molecule has 0 aliphatic carbocycles. The van der Waals surface area contributed by atoms with E-state index in [2.05, 4.69) is 16.0 Å². The minimum atomic E-state index is -1.27. The highest BCUT2D eigenvalue weighted by Gasteiger charge is 2.42. The van der Waals surface area contributed by atoms with Crippen molar-refractivity contribution in [3.05, 3.63) is 18.2 Å². The Morgan fingerprint density at radius 3 is 2.29 bits per heavy atom. The lowest BCUT2D eigenvalue weighted by Crippen LogP contribution is -2.36. The topological polar surface area (TPSA) is 140 Å². The first kappa shape index (κ1) is 18.1. The molecule has 9 nitrogen and oxygen atoms in total. The van der Waals surface area contributed by atoms with E-state index in [-0.39, 0.29) is 11.8 Å². The van der Waals surface area contributed by atoms with Gasteiger partial charge in [-0.25, -0.2) is 0 Å². The van der Waals surface area contributed by atoms with E-state index in [4.69, 9.17) is 9.84 Å². The van der Waals surface area contributed by atoms with Crippen molar-refractivity contribution in [1.29, 1.82) is 0 Å². The van der Waals surface area contributed by atoms with Crippen LogP contribution in [0.3, 0.4) is 0 Å². The Morgan fingerprint density at radius 1 is 1.08 bits per heavy atom. The van der Waals surface area contributed by atoms with Gasteiger partial charge in [0.05, 0.1) is 18.0 Å². The molecule has 1 heterocycles. The number of carbonyl (C=O) groups excluding carboxylic acids is 2. The SMILES string of the molecule is CC(=O)Nc1ccc(NC(C)=O)c(N[C@@H]2O[C@H](CO)[C@@H](O)[C@@H]2O)c1. The first-order valence-corrected chi connectivity index (χ1v) is 7.40. The summed E-state index contributed by atoms with van der Waals surface area (Å²) in [6.07, 6.45) is -4.41. The Morgan fingerprint density at radius 2 is 1.75 bits per heavy atom. The van der Waals surface area contributed by atoms with Crippen molar-refractivity contribution in [3.63, 3.8) is 0 Å². The molecule has 1 aliphatic rings. The highest BCUT2D eigenvalue weighted by Crippen LogP contribution is 2.30. The van der Waals surface area contributed by atoms with E-state index in [1.54, 1.807) is 18.2 Å². The van der Waals surface area contributed by atoms with Crippen LogP contribution in [0.15, 0.2) is 18.2 Å². The van der Waals surface area contributed by atoms with Crippen LogP contribution in [-0.4, -0.2) is 58.3 Å². The lowest BCUT2D eigenvalue weighted by atomic mass is 10.1. The van der Waals surface area contributed by atoms with Crippen LogP contribution in [0.5, 0.6) is 0 Å². The Bertz CT molecular complexity index is 623. The summed E-state index contributed by atoms with van der Waals surface area (Å²) in [6, 6.07) is 4.74. The van der Waals surface area contributed by atoms with Gasteiger partial charge in [-0.05, 0) is 18.2 Å². The fourth-order valence-electron chi connectivity index (χ4n) is 2.42. The number of anilines is 3. The van der Waals surface area contributed by atoms with Crippen molar-refractivity contribution in [2.24, 2.45) is 0 Å². The van der Waals surface area contributed by atoms with Crippen molar-refractivity contribution < 1.29 is 29.6 Å². The molecule has 0 saturated carbocycles. The smallest absolute Gasteiger partial charge is 0.221 e. The van der Waals surface area contributed by atoms with E-state index in [1.165, 1.54) is 13.8 Å². The van der Waals surface area contributed by atoms with Crippen LogP contribution in [0.1, 0.15) is 13.8 Å². The molecule has 1 aliphatic heterocycles. The second-order valence-electron chi connectivity index (χ2n) is 5.53. The van der Waals surface area contributed by atoms with Gasteiger partial charge < -0.3 is 36.0 Å². The second kappa shape index (κ2) is 7.58. The summed E-state index contributed by atoms with van der Waals surface area (Å²) in [4.78, 5) is 22.5. The average Bonchev–Trinajstić information content (AvgIpc) is 2.76. The number of aliphatic hydroxyl groups is 3. The van der Waals surface area contributed by atoms with Crippen LogP contribution in [0.2, 0.25) is 0 Å². The first-order valence-electron chi connectivity index (χ1n) is 7.40. The fraction of sp³-hybridized carbons (Fsp3) is 0.467. The molecule has 1 fully saturated rings. The minimum absolute atomic E-state index is 0.263. The summed E-state index contributed by atoms with van der Waals surface area (Å²) in [5.74, 6) is -0.562. The molecule has 9 heteroatoms. The predicted molar refractivity (Wildman–Crippen MR) is 86.4 cm³/mol. The maximum atomic E-state index is 11.3. The monoisotopic (exact) mass is 339 g/mol. The fourth-order valence-corrected chi connectivity index (χ4v) is 2.42. The van der Waals surface area contributed by atoms with Crippen LogP contribution in [0, 0.1) is 0 Å². The van der Waals surface area contributed by atoms with Gasteiger partial charge in [-0.15, -0.1) is 0 Å². The van der Waals surface area contributed by atoms with Crippen LogP contribution in [0.4, 0.5) is 17.1 Å². The van der Waals surface area contributed by atoms with Gasteiger partial charge in [0.15, 0.2) is 6.23 Å². The normalized spacial score (nSPS) is 26.0. The van der Waals surface area contributed by atoms with Gasteiger partial charge >= 0.3 is 0 Å². The van der Waals surface area contributed by atoms with Gasteiger partial charge in [-0.2, -0.15) is 0 Å². The minimum Gasteiger partial charge on any atom is -0.394 e. The lowest BCUT2D eigenvalue weighted by molar-refractivity contribution is -0.115. The van der Waals surface area contributed by atoms with Crippen LogP contribution in [0.25, 0.3) is 0 Å². The molecule has 2 rings (SSSR count). The van der Waals surface area contributed by atoms with E-state index >= 15 is 0 Å². The molecule has 4 atom stereocenters. The molecule has 1 aromatic carbocycles. The van der Waals surface area contributed by atoms with E-state index in [9.17, 15) is 19.8 Å². The number of carbonyl (C=O) groups is 2. The molecule has 0 unspecified atom stereocenters. The third kappa shape index (κ3) is 4.20. The summed E-state index contributed by atoms with van der Waals surface area (Å²) < 4.78 is 5.36. The number of hydrogen-bond acceptors (Lipinski definition) is 7. The molecule has 0 aromatic heterocycles. The average molecular weight is 339 g/mol. The number of amides is 2. The predicted octanol–water partition coefficient (Wildman–Crippen LogP) is -0.546. The Kier molecular flexibility index (Phi) is 5.73. The van der Waals surface area contributed by atoms with Crippen LogP contribution < -0.4 is 16.0 Å². The molecule has 0 spiro atoms. The Balaban J connectivity index is 2.25. The number of rotatable bonds is 5. The zero-order valence-electron chi connectivity index (χ0n) is 13.3. The van der Waals surface area contributed by atoms with Gasteiger partial charge in [0.1, 0.15) is 18.3 Å². The van der Waals surface area contributed by atoms with Crippen LogP contribution >= 0.6 is 0 Å². The highest BCUT2D eigenvalue weighted by atomic mass is 16.6. The van der Waals surface area contributed by atoms with Gasteiger partial charge in [0.25, 0.3) is 0 Å². The largest absolute Gasteiger partial charge is 0.394 e. The highest BCUT2D eigenvalue weighted by molar-refractivity contribution is 5.95. The van der Waals surface area contributed by atoms with Crippen molar-refractivity contribution in [3.8, 4) is 0 Å². The molecule has 0 radical (unpaired) electrons.